The van der Waals surface area contributed by atoms with Crippen LogP contribution in [0.3, 0.4) is 0 Å². The Morgan fingerprint density at radius 3 is 1.21 bits per heavy atom. The van der Waals surface area contributed by atoms with E-state index in [0.717, 1.165) is 42.1 Å². The smallest absolute Gasteiger partial charge is 0.00773 e. The molecule has 0 aromatic heterocycles. The molecule has 2 rings (SSSR count). The predicted octanol–water partition coefficient (Wildman–Crippen LogP) is 12.3. The van der Waals surface area contributed by atoms with Crippen LogP contribution in [-0.4, -0.2) is 6.54 Å². The minimum Gasteiger partial charge on any atom is -0.330 e. The lowest BCUT2D eigenvalue weighted by molar-refractivity contribution is -0.0252. The molecule has 0 bridgehead atoms. The van der Waals surface area contributed by atoms with Crippen LogP contribution < -0.4 is 5.73 Å². The molecule has 0 radical (unpaired) electrons. The van der Waals surface area contributed by atoms with Gasteiger partial charge in [0.25, 0.3) is 0 Å². The van der Waals surface area contributed by atoms with Crippen molar-refractivity contribution in [1.29, 1.82) is 0 Å². The number of fused-ring (bicyclic) bond motifs is 1. The van der Waals surface area contributed by atoms with E-state index < -0.39 is 0 Å². The first-order valence-corrected chi connectivity index (χ1v) is 18.5. The Hall–Kier alpha value is -0.0400. The van der Waals surface area contributed by atoms with Crippen LogP contribution in [0.1, 0.15) is 194 Å². The molecule has 6 atom stereocenters. The largest absolute Gasteiger partial charge is 0.330 e. The van der Waals surface area contributed by atoms with E-state index in [-0.39, 0.29) is 0 Å². The molecule has 38 heavy (non-hydrogen) atoms. The summed E-state index contributed by atoms with van der Waals surface area (Å²) in [5, 5.41) is 0. The van der Waals surface area contributed by atoms with Crippen LogP contribution in [0.5, 0.6) is 0 Å². The summed E-state index contributed by atoms with van der Waals surface area (Å²) in [6.45, 7) is 7.99. The van der Waals surface area contributed by atoms with Crippen molar-refractivity contribution in [2.75, 3.05) is 6.54 Å². The summed E-state index contributed by atoms with van der Waals surface area (Å²) in [5.74, 6) is 6.38. The number of nitrogens with two attached hydrogens (primary N) is 1. The molecular weight excluding hydrogens is 458 g/mol. The van der Waals surface area contributed by atoms with Crippen molar-refractivity contribution in [2.24, 2.45) is 41.2 Å². The van der Waals surface area contributed by atoms with Crippen molar-refractivity contribution in [3.8, 4) is 0 Å². The van der Waals surface area contributed by atoms with Gasteiger partial charge >= 0.3 is 0 Å². The molecule has 0 aromatic carbocycles. The molecule has 226 valence electrons. The summed E-state index contributed by atoms with van der Waals surface area (Å²) in [6.07, 6.45) is 39.9. The molecular formula is C37H73N. The van der Waals surface area contributed by atoms with E-state index >= 15 is 0 Å². The van der Waals surface area contributed by atoms with Gasteiger partial charge in [0.15, 0.2) is 0 Å². The number of unbranched alkanes of at least 4 members (excludes halogenated alkanes) is 15. The second-order valence-corrected chi connectivity index (χ2v) is 13.9. The Labute approximate surface area is 241 Å². The molecule has 0 aromatic rings. The zero-order chi connectivity index (χ0) is 27.3. The molecule has 2 aliphatic rings. The average Bonchev–Trinajstić information content (AvgIpc) is 2.93. The van der Waals surface area contributed by atoms with E-state index in [0.29, 0.717) is 0 Å². The van der Waals surface area contributed by atoms with Gasteiger partial charge in [-0.1, -0.05) is 149 Å². The van der Waals surface area contributed by atoms with Crippen molar-refractivity contribution in [2.45, 2.75) is 194 Å². The van der Waals surface area contributed by atoms with Gasteiger partial charge in [0.1, 0.15) is 0 Å². The Bertz CT molecular complexity index is 515. The average molecular weight is 532 g/mol. The lowest BCUT2D eigenvalue weighted by atomic mass is 9.53. The highest BCUT2D eigenvalue weighted by Gasteiger charge is 2.46. The Kier molecular flexibility index (Phi) is 20.3. The number of hydrogen-bond donors (Lipinski definition) is 1. The predicted molar refractivity (Wildman–Crippen MR) is 172 cm³/mol. The molecule has 1 nitrogen and oxygen atoms in total. The molecule has 2 aliphatic carbocycles. The summed E-state index contributed by atoms with van der Waals surface area (Å²) in [4.78, 5) is 0. The third-order valence-corrected chi connectivity index (χ3v) is 11.1. The molecule has 0 aliphatic heterocycles. The van der Waals surface area contributed by atoms with Crippen LogP contribution in [0.4, 0.5) is 0 Å². The van der Waals surface area contributed by atoms with E-state index in [9.17, 15) is 0 Å². The normalized spacial score (nSPS) is 27.5. The Morgan fingerprint density at radius 1 is 0.395 bits per heavy atom. The molecule has 0 saturated heterocycles. The van der Waals surface area contributed by atoms with Crippen molar-refractivity contribution in [3.05, 3.63) is 0 Å². The van der Waals surface area contributed by atoms with Crippen LogP contribution >= 0.6 is 0 Å². The first kappa shape index (κ1) is 34.2. The molecule has 0 spiro atoms. The van der Waals surface area contributed by atoms with Crippen LogP contribution in [0.15, 0.2) is 0 Å². The molecule has 2 N–H and O–H groups in total. The second kappa shape index (κ2) is 22.6. The lowest BCUT2D eigenvalue weighted by Crippen LogP contribution is -2.44. The lowest BCUT2D eigenvalue weighted by Gasteiger charge is -2.52. The summed E-state index contributed by atoms with van der Waals surface area (Å²) in [7, 11) is 0. The third kappa shape index (κ3) is 13.1. The van der Waals surface area contributed by atoms with Crippen molar-refractivity contribution < 1.29 is 0 Å². The minimum atomic E-state index is 0.879. The highest BCUT2D eigenvalue weighted by Crippen LogP contribution is 2.55. The number of hydrogen-bond acceptors (Lipinski definition) is 1. The first-order valence-electron chi connectivity index (χ1n) is 18.5. The maximum absolute atomic E-state index is 5.72. The fraction of sp³-hybridized carbons (Fsp3) is 1.00. The van der Waals surface area contributed by atoms with Gasteiger partial charge in [-0.25, -0.2) is 0 Å². The van der Waals surface area contributed by atoms with Crippen molar-refractivity contribution in [3.63, 3.8) is 0 Å². The van der Waals surface area contributed by atoms with E-state index in [4.69, 9.17) is 5.73 Å². The molecule has 2 saturated carbocycles. The van der Waals surface area contributed by atoms with Gasteiger partial charge in [-0.15, -0.1) is 0 Å². The summed E-state index contributed by atoms with van der Waals surface area (Å²) < 4.78 is 0. The quantitative estimate of drug-likeness (QED) is 0.123. The van der Waals surface area contributed by atoms with E-state index in [2.05, 4.69) is 20.8 Å². The first-order chi connectivity index (χ1) is 18.8. The Morgan fingerprint density at radius 2 is 0.737 bits per heavy atom. The van der Waals surface area contributed by atoms with Gasteiger partial charge in [-0.3, -0.25) is 0 Å². The summed E-state index contributed by atoms with van der Waals surface area (Å²) in [6, 6.07) is 0. The number of rotatable bonds is 24. The van der Waals surface area contributed by atoms with Gasteiger partial charge in [-0.05, 0) is 87.0 Å². The van der Waals surface area contributed by atoms with Gasteiger partial charge in [0.05, 0.1) is 0 Å². The SMILES string of the molecule is CCCCCCCCCC1CCC2C(CCCCC)C(CCCCC)CCC2C1CCCCCCCCN. The fourth-order valence-corrected chi connectivity index (χ4v) is 8.93. The van der Waals surface area contributed by atoms with Gasteiger partial charge in [0.2, 0.25) is 0 Å². The molecule has 6 unspecified atom stereocenters. The van der Waals surface area contributed by atoms with Gasteiger partial charge in [0, 0.05) is 0 Å². The van der Waals surface area contributed by atoms with Crippen LogP contribution in [-0.2, 0) is 0 Å². The summed E-state index contributed by atoms with van der Waals surface area (Å²) in [5.41, 5.74) is 5.72. The monoisotopic (exact) mass is 532 g/mol. The van der Waals surface area contributed by atoms with E-state index in [1.165, 1.54) is 122 Å². The third-order valence-electron chi connectivity index (χ3n) is 11.1. The van der Waals surface area contributed by atoms with E-state index in [1.54, 1.807) is 51.4 Å². The van der Waals surface area contributed by atoms with E-state index in [1.807, 2.05) is 0 Å². The zero-order valence-electron chi connectivity index (χ0n) is 26.8. The molecule has 0 amide bonds. The van der Waals surface area contributed by atoms with Crippen molar-refractivity contribution >= 4 is 0 Å². The molecule has 2 fully saturated rings. The minimum absolute atomic E-state index is 0.879. The second-order valence-electron chi connectivity index (χ2n) is 13.9. The van der Waals surface area contributed by atoms with Crippen molar-refractivity contribution in [1.82, 2.24) is 0 Å². The summed E-state index contributed by atoms with van der Waals surface area (Å²) >= 11 is 0. The highest BCUT2D eigenvalue weighted by atomic mass is 14.5. The van der Waals surface area contributed by atoms with Crippen LogP contribution in [0, 0.1) is 35.5 Å². The maximum Gasteiger partial charge on any atom is -0.00773 e. The zero-order valence-corrected chi connectivity index (χ0v) is 26.8. The topological polar surface area (TPSA) is 26.0 Å². The highest BCUT2D eigenvalue weighted by molar-refractivity contribution is 4.95. The fourth-order valence-electron chi connectivity index (χ4n) is 8.93. The maximum atomic E-state index is 5.72. The van der Waals surface area contributed by atoms with Gasteiger partial charge < -0.3 is 5.73 Å². The van der Waals surface area contributed by atoms with Crippen LogP contribution in [0.25, 0.3) is 0 Å². The Balaban J connectivity index is 1.97. The van der Waals surface area contributed by atoms with Crippen LogP contribution in [0.2, 0.25) is 0 Å². The van der Waals surface area contributed by atoms with Gasteiger partial charge in [-0.2, -0.15) is 0 Å². The molecule has 0 heterocycles. The standard InChI is InChI=1S/C37H73N/c1-4-7-10-11-12-15-20-24-33-28-30-36-34(25-19-9-6-3)32(23-18-8-5-2)27-29-37(36)35(33)26-21-16-13-14-17-22-31-38/h32-37H,4-31,38H2,1-3H3. The molecule has 1 heteroatoms.